The number of benzene rings is 1. The Kier molecular flexibility index (Phi) is 9.33. The molecule has 5 N–H and O–H groups in total. The lowest BCUT2D eigenvalue weighted by Crippen LogP contribution is -2.54. The molecule has 0 unspecified atom stereocenters. The van der Waals surface area contributed by atoms with Crippen LogP contribution in [0.4, 0.5) is 5.69 Å². The van der Waals surface area contributed by atoms with Crippen LogP contribution in [-0.2, 0) is 36.9 Å². The molecule has 0 saturated heterocycles. The predicted octanol–water partition coefficient (Wildman–Crippen LogP) is -0.0782. The van der Waals surface area contributed by atoms with Crippen molar-refractivity contribution in [3.8, 4) is 0 Å². The summed E-state index contributed by atoms with van der Waals surface area (Å²) >= 11 is 0. The van der Waals surface area contributed by atoms with Crippen LogP contribution in [-0.4, -0.2) is 74.0 Å². The molecule has 2 heterocycles. The molecule has 2 aromatic rings. The maximum Gasteiger partial charge on any atom is 0.309 e. The fraction of sp³-hybridized carbons (Fsp3) is 0.520. The molecule has 1 aliphatic heterocycles. The zero-order valence-corrected chi connectivity index (χ0v) is 22.4. The topological polar surface area (TPSA) is 199 Å². The van der Waals surface area contributed by atoms with E-state index in [2.05, 4.69) is 36.6 Å². The zero-order chi connectivity index (χ0) is 28.7. The fourth-order valence-corrected chi connectivity index (χ4v) is 4.21. The van der Waals surface area contributed by atoms with Gasteiger partial charge in [0.1, 0.15) is 12.1 Å². The molecule has 1 aromatic carbocycles. The molecule has 14 nitrogen and oxygen atoms in total. The van der Waals surface area contributed by atoms with Gasteiger partial charge >= 0.3 is 5.97 Å². The lowest BCUT2D eigenvalue weighted by atomic mass is 9.88. The molecule has 4 amide bonds. The number of carboxylic acid groups (broad SMARTS) is 1. The zero-order valence-electron chi connectivity index (χ0n) is 22.4. The number of aromatic nitrogens is 4. The number of nitrogens with one attached hydrogen (secondary N) is 4. The van der Waals surface area contributed by atoms with Crippen LogP contribution in [0.1, 0.15) is 51.9 Å². The average molecular weight is 543 g/mol. The number of rotatable bonds is 12. The molecule has 0 saturated carbocycles. The van der Waals surface area contributed by atoms with Gasteiger partial charge in [-0.2, -0.15) is 5.21 Å². The number of para-hydroxylation sites is 1. The minimum atomic E-state index is -1.31. The van der Waals surface area contributed by atoms with Crippen molar-refractivity contribution in [2.24, 2.45) is 11.3 Å². The number of aromatic amines is 1. The maximum absolute atomic E-state index is 13.3. The smallest absolute Gasteiger partial charge is 0.309 e. The molecular weight excluding hydrogens is 508 g/mol. The number of hydrogen-bond acceptors (Lipinski definition) is 8. The van der Waals surface area contributed by atoms with Crippen molar-refractivity contribution in [1.29, 1.82) is 0 Å². The first-order chi connectivity index (χ1) is 18.4. The second-order valence-electron chi connectivity index (χ2n) is 10.2. The lowest BCUT2D eigenvalue weighted by Gasteiger charge is -2.27. The van der Waals surface area contributed by atoms with Gasteiger partial charge in [-0.25, -0.2) is 0 Å². The molecular formula is C25H34N8O6. The number of hydrogen-bond donors (Lipinski definition) is 5. The number of tetrazole rings is 1. The van der Waals surface area contributed by atoms with E-state index in [9.17, 15) is 29.1 Å². The van der Waals surface area contributed by atoms with Crippen LogP contribution in [0.15, 0.2) is 24.3 Å². The summed E-state index contributed by atoms with van der Waals surface area (Å²) in [4.78, 5) is 64.7. The number of carbonyl (C=O) groups excluding carboxylic acids is 4. The highest BCUT2D eigenvalue weighted by molar-refractivity contribution is 6.05. The van der Waals surface area contributed by atoms with Gasteiger partial charge in [-0.15, -0.1) is 10.2 Å². The molecule has 1 aliphatic rings. The second-order valence-corrected chi connectivity index (χ2v) is 10.2. The largest absolute Gasteiger partial charge is 0.481 e. The fourth-order valence-electron chi connectivity index (χ4n) is 4.21. The number of anilines is 1. The van der Waals surface area contributed by atoms with E-state index in [1.54, 1.807) is 19.1 Å². The van der Waals surface area contributed by atoms with Crippen LogP contribution in [0.5, 0.6) is 0 Å². The Bertz CT molecular complexity index is 1210. The van der Waals surface area contributed by atoms with Crippen molar-refractivity contribution in [2.45, 2.75) is 65.6 Å². The van der Waals surface area contributed by atoms with Crippen LogP contribution >= 0.6 is 0 Å². The van der Waals surface area contributed by atoms with Gasteiger partial charge < -0.3 is 21.1 Å². The van der Waals surface area contributed by atoms with E-state index < -0.39 is 53.6 Å². The van der Waals surface area contributed by atoms with Crippen molar-refractivity contribution in [3.63, 3.8) is 0 Å². The van der Waals surface area contributed by atoms with E-state index in [1.165, 1.54) is 18.7 Å². The lowest BCUT2D eigenvalue weighted by molar-refractivity contribution is -0.149. The number of carbonyl (C=O) groups is 5. The van der Waals surface area contributed by atoms with E-state index in [0.717, 1.165) is 5.56 Å². The summed E-state index contributed by atoms with van der Waals surface area (Å²) in [5.74, 6) is -3.21. The molecule has 1 aromatic heterocycles. The summed E-state index contributed by atoms with van der Waals surface area (Å²) in [6, 6.07) is 5.31. The van der Waals surface area contributed by atoms with Crippen LogP contribution in [0.2, 0.25) is 0 Å². The van der Waals surface area contributed by atoms with E-state index in [4.69, 9.17) is 0 Å². The number of nitrogens with zero attached hydrogens (tertiary/aromatic N) is 4. The summed E-state index contributed by atoms with van der Waals surface area (Å²) in [5.41, 5.74) is 0.0701. The van der Waals surface area contributed by atoms with Gasteiger partial charge in [0.2, 0.25) is 23.6 Å². The number of fused-ring (bicyclic) bond motifs is 1. The monoisotopic (exact) mass is 542 g/mol. The summed E-state index contributed by atoms with van der Waals surface area (Å²) < 4.78 is 0. The van der Waals surface area contributed by atoms with Crippen LogP contribution in [0.3, 0.4) is 0 Å². The van der Waals surface area contributed by atoms with Crippen molar-refractivity contribution in [2.75, 3.05) is 11.4 Å². The molecule has 3 rings (SSSR count). The second kappa shape index (κ2) is 12.5. The van der Waals surface area contributed by atoms with Gasteiger partial charge in [0.05, 0.1) is 18.5 Å². The first-order valence-corrected chi connectivity index (χ1v) is 12.6. The third-order valence-electron chi connectivity index (χ3n) is 6.76. The Morgan fingerprint density at radius 1 is 1.18 bits per heavy atom. The minimum absolute atomic E-state index is 0.0237. The number of carboxylic acids is 1. The van der Waals surface area contributed by atoms with Gasteiger partial charge in [0.25, 0.3) is 0 Å². The quantitative estimate of drug-likeness (QED) is 0.243. The summed E-state index contributed by atoms with van der Waals surface area (Å²) in [7, 11) is 0. The summed E-state index contributed by atoms with van der Waals surface area (Å²) in [6.45, 7) is 6.09. The highest BCUT2D eigenvalue weighted by Gasteiger charge is 2.39. The summed E-state index contributed by atoms with van der Waals surface area (Å²) in [5, 5.41) is 30.6. The van der Waals surface area contributed by atoms with E-state index in [1.807, 2.05) is 19.1 Å². The van der Waals surface area contributed by atoms with E-state index in [0.29, 0.717) is 18.5 Å². The van der Waals surface area contributed by atoms with Crippen molar-refractivity contribution in [3.05, 3.63) is 35.7 Å². The first kappa shape index (κ1) is 29.2. The third kappa shape index (κ3) is 7.15. The normalized spacial score (nSPS) is 16.1. The molecule has 0 spiro atoms. The number of amides is 4. The van der Waals surface area contributed by atoms with Crippen LogP contribution < -0.4 is 20.9 Å². The highest BCUT2D eigenvalue weighted by Crippen LogP contribution is 2.32. The van der Waals surface area contributed by atoms with E-state index >= 15 is 0 Å². The van der Waals surface area contributed by atoms with Crippen molar-refractivity contribution >= 4 is 35.3 Å². The van der Waals surface area contributed by atoms with Crippen molar-refractivity contribution < 1.29 is 29.1 Å². The molecule has 0 bridgehead atoms. The first-order valence-electron chi connectivity index (χ1n) is 12.6. The molecule has 0 radical (unpaired) electrons. The van der Waals surface area contributed by atoms with Gasteiger partial charge in [0, 0.05) is 18.5 Å². The number of aliphatic carboxylic acids is 1. The SMILES string of the molecule is CC[C@H](C)[C@H](NC(=O)CC(C)(C)C(=O)O)C(=O)NCC(=O)N1c2ccccc2C[C@H]1C(=O)NCc1nn[nH]n1. The Labute approximate surface area is 225 Å². The minimum Gasteiger partial charge on any atom is -0.481 e. The molecule has 0 aliphatic carbocycles. The molecule has 14 heteroatoms. The maximum atomic E-state index is 13.3. The Balaban J connectivity index is 1.68. The van der Waals surface area contributed by atoms with Gasteiger partial charge in [-0.1, -0.05) is 43.7 Å². The molecule has 0 fully saturated rings. The van der Waals surface area contributed by atoms with E-state index in [-0.39, 0.29) is 24.7 Å². The van der Waals surface area contributed by atoms with Gasteiger partial charge in [0.15, 0.2) is 5.82 Å². The average Bonchev–Trinajstić information content (AvgIpc) is 3.56. The summed E-state index contributed by atoms with van der Waals surface area (Å²) in [6.07, 6.45) is 0.530. The predicted molar refractivity (Wildman–Crippen MR) is 138 cm³/mol. The standard InChI is InChI=1S/C25H34N8O6/c1-5-14(2)21(28-19(34)11-25(3,4)24(38)39)23(37)27-13-20(35)33-16-9-7-6-8-15(16)10-17(33)22(36)26-12-18-29-31-32-30-18/h6-9,14,17,21H,5,10-13H2,1-4H3,(H,26,36)(H,27,37)(H,28,34)(H,38,39)(H,29,30,31,32)/t14-,17-,21-/m0/s1. The third-order valence-corrected chi connectivity index (χ3v) is 6.76. The Hall–Kier alpha value is -4.36. The number of H-pyrrole nitrogens is 1. The molecule has 3 atom stereocenters. The Morgan fingerprint density at radius 3 is 2.54 bits per heavy atom. The van der Waals surface area contributed by atoms with Gasteiger partial charge in [-0.3, -0.25) is 28.9 Å². The Morgan fingerprint density at radius 2 is 1.90 bits per heavy atom. The highest BCUT2D eigenvalue weighted by atomic mass is 16.4. The van der Waals surface area contributed by atoms with Crippen LogP contribution in [0, 0.1) is 11.3 Å². The molecule has 210 valence electrons. The molecule has 39 heavy (non-hydrogen) atoms. The van der Waals surface area contributed by atoms with Crippen LogP contribution in [0.25, 0.3) is 0 Å². The van der Waals surface area contributed by atoms with Gasteiger partial charge in [-0.05, 0) is 31.4 Å². The van der Waals surface area contributed by atoms with Crippen molar-refractivity contribution in [1.82, 2.24) is 36.6 Å².